The molecule has 0 saturated heterocycles. The molecule has 0 heterocycles. The van der Waals surface area contributed by atoms with Crippen molar-refractivity contribution in [2.24, 2.45) is 0 Å². The second kappa shape index (κ2) is 18.9. The third-order valence-electron chi connectivity index (χ3n) is 2.19. The minimum absolute atomic E-state index is 0.185. The van der Waals surface area contributed by atoms with E-state index in [0.29, 0.717) is 0 Å². The zero-order chi connectivity index (χ0) is 18.8. The quantitative estimate of drug-likeness (QED) is 0.466. The molecule has 1 radical (unpaired) electrons. The van der Waals surface area contributed by atoms with Gasteiger partial charge in [-0.1, -0.05) is 0 Å². The van der Waals surface area contributed by atoms with Gasteiger partial charge in [0, 0.05) is 71.1 Å². The topological polar surface area (TPSA) is 92.3 Å². The number of rotatable bonds is 10. The molecule has 10 nitrogen and oxygen atoms in total. The van der Waals surface area contributed by atoms with Crippen molar-refractivity contribution in [2.75, 3.05) is 71.1 Å². The van der Waals surface area contributed by atoms with Gasteiger partial charge >= 0.3 is 34.0 Å². The molecule has 0 fully saturated rings. The first-order valence-corrected chi connectivity index (χ1v) is 10.4. The van der Waals surface area contributed by atoms with E-state index in [1.165, 1.54) is 56.9 Å². The van der Waals surface area contributed by atoms with Crippen LogP contribution in [0.1, 0.15) is 0 Å². The fourth-order valence-electron chi connectivity index (χ4n) is 1.10. The van der Waals surface area contributed by atoms with E-state index >= 15 is 0 Å². The van der Waals surface area contributed by atoms with Crippen LogP contribution in [0.5, 0.6) is 0 Å². The Bertz CT molecular complexity index is 175. The van der Waals surface area contributed by atoms with Crippen molar-refractivity contribution in [1.29, 1.82) is 0 Å². The molecule has 0 saturated carbocycles. The average molecular weight is 393 g/mol. The summed E-state index contributed by atoms with van der Waals surface area (Å²) in [4.78, 5) is 0. The van der Waals surface area contributed by atoms with Crippen molar-refractivity contribution < 1.29 is 43.0 Å². The minimum atomic E-state index is -2.69. The van der Waals surface area contributed by atoms with E-state index in [0.717, 1.165) is 0 Å². The summed E-state index contributed by atoms with van der Waals surface area (Å²) < 4.78 is 48.0. The number of hydrogen-bond acceptors (Lipinski definition) is 10. The van der Waals surface area contributed by atoms with E-state index in [1.807, 2.05) is 0 Å². The predicted molar refractivity (Wildman–Crippen MR) is 87.4 cm³/mol. The number of hydrogen-bond donors (Lipinski definition) is 0. The summed E-state index contributed by atoms with van der Waals surface area (Å²) in [5, 5.41) is 0. The summed E-state index contributed by atoms with van der Waals surface area (Å²) in [5.41, 5.74) is 0. The molecule has 0 atom stereocenters. The van der Waals surface area contributed by atoms with Gasteiger partial charge in [0.05, 0.1) is 0 Å². The van der Waals surface area contributed by atoms with Gasteiger partial charge < -0.3 is 43.0 Å². The molecule has 0 aromatic heterocycles. The molecule has 0 rings (SSSR count). The van der Waals surface area contributed by atoms with Crippen LogP contribution in [0.3, 0.4) is 0 Å². The summed E-state index contributed by atoms with van der Waals surface area (Å²) in [6, 6.07) is 0. The standard InChI is InChI=1S/2C4H12O4Si.2CH3O.Al/c2*1-5-9(6-2,7-3)8-4;2*1-2;/h2*1-4H3;2*1H3;/q;;2*-1;+2. The van der Waals surface area contributed by atoms with Gasteiger partial charge in [0.15, 0.2) is 0 Å². The highest BCUT2D eigenvalue weighted by Gasteiger charge is 2.41. The van der Waals surface area contributed by atoms with Crippen molar-refractivity contribution in [1.82, 2.24) is 0 Å². The van der Waals surface area contributed by atoms with E-state index in [1.54, 1.807) is 14.2 Å². The van der Waals surface area contributed by atoms with Crippen LogP contribution >= 0.6 is 0 Å². The normalized spacial score (nSPS) is 11.0. The van der Waals surface area contributed by atoms with Crippen LogP contribution < -0.4 is 0 Å². The molecule has 0 amide bonds. The van der Waals surface area contributed by atoms with Gasteiger partial charge in [-0.15, -0.1) is 0 Å². The Kier molecular flexibility index (Phi) is 23.3. The van der Waals surface area contributed by atoms with E-state index in [9.17, 15) is 0 Å². The average Bonchev–Trinajstić information content (AvgIpc) is 2.62. The molecule has 0 N–H and O–H groups in total. The molecular weight excluding hydrogens is 363 g/mol. The Morgan fingerprint density at radius 1 is 0.391 bits per heavy atom. The largest absolute Gasteiger partial charge is 0.678 e. The van der Waals surface area contributed by atoms with Crippen molar-refractivity contribution >= 4 is 34.0 Å². The highest BCUT2D eigenvalue weighted by Crippen LogP contribution is 2.05. The summed E-state index contributed by atoms with van der Waals surface area (Å²) in [6.45, 7) is 0. The second-order valence-electron chi connectivity index (χ2n) is 3.20. The first kappa shape index (κ1) is 28.4. The van der Waals surface area contributed by atoms with Crippen LogP contribution in [0.2, 0.25) is 0 Å². The smallest absolute Gasteiger partial charge is 0.486 e. The Hall–Kier alpha value is 0.566. The van der Waals surface area contributed by atoms with Crippen LogP contribution in [0, 0.1) is 0 Å². The third-order valence-corrected chi connectivity index (χ3v) is 6.58. The van der Waals surface area contributed by atoms with Gasteiger partial charge in [0.25, 0.3) is 0 Å². The maximum Gasteiger partial charge on any atom is 0.678 e. The molecule has 13 heteroatoms. The third kappa shape index (κ3) is 13.5. The highest BCUT2D eigenvalue weighted by atomic mass is 28.4. The fraction of sp³-hybridized carbons (Fsp3) is 1.00. The Morgan fingerprint density at radius 2 is 0.565 bits per heavy atom. The van der Waals surface area contributed by atoms with Gasteiger partial charge in [-0.25, -0.2) is 0 Å². The SMILES string of the molecule is CO[Si](OC)(OC)OC.CO[Si](OC)(OC)OC.C[O][Al][O]C. The van der Waals surface area contributed by atoms with E-state index in [-0.39, 0.29) is 15.9 Å². The lowest BCUT2D eigenvalue weighted by Gasteiger charge is -2.19. The van der Waals surface area contributed by atoms with Crippen LogP contribution in [0.25, 0.3) is 0 Å². The first-order valence-electron chi connectivity index (χ1n) is 6.19. The van der Waals surface area contributed by atoms with E-state index in [2.05, 4.69) is 7.58 Å². The van der Waals surface area contributed by atoms with Gasteiger partial charge in [0.1, 0.15) is 0 Å². The molecule has 0 spiro atoms. The predicted octanol–water partition coefficient (Wildman–Crippen LogP) is -0.171. The molecule has 141 valence electrons. The van der Waals surface area contributed by atoms with E-state index in [4.69, 9.17) is 35.4 Å². The fourth-order valence-corrected chi connectivity index (χ4v) is 3.29. The first-order chi connectivity index (χ1) is 10.9. The maximum atomic E-state index is 4.86. The Morgan fingerprint density at radius 3 is 0.565 bits per heavy atom. The van der Waals surface area contributed by atoms with Gasteiger partial charge in [-0.05, 0) is 0 Å². The summed E-state index contributed by atoms with van der Waals surface area (Å²) >= 11 is -0.185. The Balaban J connectivity index is -0.000000273. The molecule has 0 aliphatic rings. The van der Waals surface area contributed by atoms with Crippen molar-refractivity contribution in [3.63, 3.8) is 0 Å². The molecule has 0 unspecified atom stereocenters. The zero-order valence-electron chi connectivity index (χ0n) is 15.7. The molecule has 0 aromatic rings. The summed E-state index contributed by atoms with van der Waals surface area (Å²) in [6.07, 6.45) is 0. The Labute approximate surface area is 148 Å². The highest BCUT2D eigenvalue weighted by molar-refractivity contribution is 6.53. The molecule has 0 aliphatic heterocycles. The van der Waals surface area contributed by atoms with Crippen LogP contribution in [0.15, 0.2) is 0 Å². The van der Waals surface area contributed by atoms with Gasteiger partial charge in [-0.3, -0.25) is 0 Å². The monoisotopic (exact) mass is 393 g/mol. The molecule has 23 heavy (non-hydrogen) atoms. The van der Waals surface area contributed by atoms with Crippen molar-refractivity contribution in [3.05, 3.63) is 0 Å². The van der Waals surface area contributed by atoms with Crippen molar-refractivity contribution in [2.45, 2.75) is 0 Å². The summed E-state index contributed by atoms with van der Waals surface area (Å²) in [7, 11) is 9.78. The molecule has 0 aliphatic carbocycles. The molecule has 0 aromatic carbocycles. The van der Waals surface area contributed by atoms with Crippen molar-refractivity contribution in [3.8, 4) is 0 Å². The lowest BCUT2D eigenvalue weighted by atomic mass is 11.8. The van der Waals surface area contributed by atoms with Crippen LogP contribution in [-0.4, -0.2) is 105 Å². The minimum Gasteiger partial charge on any atom is -0.486 e. The second-order valence-corrected chi connectivity index (χ2v) is 9.60. The van der Waals surface area contributed by atoms with E-state index < -0.39 is 18.1 Å². The summed E-state index contributed by atoms with van der Waals surface area (Å²) in [5.74, 6) is 0. The van der Waals surface area contributed by atoms with Gasteiger partial charge in [0.2, 0.25) is 0 Å². The van der Waals surface area contributed by atoms with Crippen LogP contribution in [-0.2, 0) is 43.0 Å². The maximum absolute atomic E-state index is 4.86. The molecular formula is C10H30AlO10Si2. The lowest BCUT2D eigenvalue weighted by molar-refractivity contribution is 0.0219. The zero-order valence-corrected chi connectivity index (χ0v) is 18.8. The molecule has 0 bridgehead atoms. The van der Waals surface area contributed by atoms with Gasteiger partial charge in [-0.2, -0.15) is 0 Å². The van der Waals surface area contributed by atoms with Crippen LogP contribution in [0.4, 0.5) is 0 Å². The lowest BCUT2D eigenvalue weighted by Crippen LogP contribution is -2.45.